The Morgan fingerprint density at radius 1 is 1.37 bits per heavy atom. The molecule has 0 amide bonds. The van der Waals surface area contributed by atoms with Gasteiger partial charge in [-0.15, -0.1) is 0 Å². The lowest BCUT2D eigenvalue weighted by atomic mass is 9.95. The summed E-state index contributed by atoms with van der Waals surface area (Å²) in [5, 5.41) is 18.3. The largest absolute Gasteiger partial charge is 0.508 e. The lowest BCUT2D eigenvalue weighted by Gasteiger charge is -2.39. The van der Waals surface area contributed by atoms with Crippen LogP contribution < -0.4 is 0 Å². The molecule has 2 unspecified atom stereocenters. The van der Waals surface area contributed by atoms with Crippen molar-refractivity contribution in [1.82, 2.24) is 4.90 Å². The molecule has 1 aliphatic heterocycles. The van der Waals surface area contributed by atoms with Crippen molar-refractivity contribution in [3.05, 3.63) is 29.8 Å². The van der Waals surface area contributed by atoms with Gasteiger partial charge in [0.2, 0.25) is 0 Å². The van der Waals surface area contributed by atoms with Gasteiger partial charge in [-0.25, -0.2) is 0 Å². The van der Waals surface area contributed by atoms with E-state index >= 15 is 0 Å². The topological polar surface area (TPSA) is 60.8 Å². The zero-order valence-corrected chi connectivity index (χ0v) is 11.2. The smallest absolute Gasteiger partial charge is 0.304 e. The van der Waals surface area contributed by atoms with Gasteiger partial charge in [-0.2, -0.15) is 0 Å². The molecule has 19 heavy (non-hydrogen) atoms. The standard InChI is InChI=1S/C15H21NO3/c1-11(12-5-7-14(17)8-6-12)16-9-3-2-4-13(16)10-15(18)19/h5-8,11,13,17H,2-4,9-10H2,1H3,(H,18,19). The molecular weight excluding hydrogens is 242 g/mol. The van der Waals surface area contributed by atoms with E-state index in [9.17, 15) is 9.90 Å². The van der Waals surface area contributed by atoms with E-state index in [0.717, 1.165) is 31.4 Å². The van der Waals surface area contributed by atoms with Gasteiger partial charge in [-0.1, -0.05) is 18.6 Å². The highest BCUT2D eigenvalue weighted by Gasteiger charge is 2.28. The second-order valence-corrected chi connectivity index (χ2v) is 5.25. The number of hydrogen-bond acceptors (Lipinski definition) is 3. The quantitative estimate of drug-likeness (QED) is 0.877. The van der Waals surface area contributed by atoms with Crippen LogP contribution in [-0.4, -0.2) is 33.7 Å². The van der Waals surface area contributed by atoms with Crippen LogP contribution in [0.15, 0.2) is 24.3 Å². The maximum absolute atomic E-state index is 11.0. The van der Waals surface area contributed by atoms with E-state index in [0.29, 0.717) is 0 Å². The van der Waals surface area contributed by atoms with Gasteiger partial charge in [-0.05, 0) is 44.0 Å². The summed E-state index contributed by atoms with van der Waals surface area (Å²) in [6.45, 7) is 3.05. The fourth-order valence-electron chi connectivity index (χ4n) is 2.90. The van der Waals surface area contributed by atoms with Crippen molar-refractivity contribution >= 4 is 5.97 Å². The number of likely N-dealkylation sites (tertiary alicyclic amines) is 1. The summed E-state index contributed by atoms with van der Waals surface area (Å²) in [5.41, 5.74) is 1.12. The van der Waals surface area contributed by atoms with Gasteiger partial charge in [0.15, 0.2) is 0 Å². The van der Waals surface area contributed by atoms with Crippen LogP contribution in [0.1, 0.15) is 44.2 Å². The Kier molecular flexibility index (Phi) is 4.43. The molecule has 4 nitrogen and oxygen atoms in total. The van der Waals surface area contributed by atoms with Gasteiger partial charge >= 0.3 is 5.97 Å². The molecule has 0 spiro atoms. The lowest BCUT2D eigenvalue weighted by Crippen LogP contribution is -2.42. The Morgan fingerprint density at radius 3 is 2.68 bits per heavy atom. The summed E-state index contributed by atoms with van der Waals surface area (Å²) >= 11 is 0. The molecule has 1 fully saturated rings. The monoisotopic (exact) mass is 263 g/mol. The molecule has 1 aliphatic rings. The first-order chi connectivity index (χ1) is 9.08. The zero-order valence-electron chi connectivity index (χ0n) is 11.2. The number of phenolic OH excluding ortho intramolecular Hbond substituents is 1. The van der Waals surface area contributed by atoms with Crippen molar-refractivity contribution < 1.29 is 15.0 Å². The highest BCUT2D eigenvalue weighted by atomic mass is 16.4. The molecule has 2 atom stereocenters. The molecule has 0 aliphatic carbocycles. The van der Waals surface area contributed by atoms with E-state index < -0.39 is 5.97 Å². The van der Waals surface area contributed by atoms with Crippen molar-refractivity contribution in [2.75, 3.05) is 6.54 Å². The number of carboxylic acid groups (broad SMARTS) is 1. The van der Waals surface area contributed by atoms with Crippen LogP contribution in [0.2, 0.25) is 0 Å². The van der Waals surface area contributed by atoms with E-state index in [1.165, 1.54) is 0 Å². The maximum Gasteiger partial charge on any atom is 0.304 e. The van der Waals surface area contributed by atoms with Crippen molar-refractivity contribution in [3.8, 4) is 5.75 Å². The van der Waals surface area contributed by atoms with Crippen LogP contribution in [0.3, 0.4) is 0 Å². The number of phenols is 1. The molecule has 2 N–H and O–H groups in total. The number of nitrogens with zero attached hydrogens (tertiary/aromatic N) is 1. The summed E-state index contributed by atoms with van der Waals surface area (Å²) in [6, 6.07) is 7.49. The Labute approximate surface area is 113 Å². The van der Waals surface area contributed by atoms with Crippen molar-refractivity contribution in [2.45, 2.75) is 44.7 Å². The number of hydrogen-bond donors (Lipinski definition) is 2. The number of aliphatic carboxylic acids is 1. The highest BCUT2D eigenvalue weighted by Crippen LogP contribution is 2.30. The fraction of sp³-hybridized carbons (Fsp3) is 0.533. The van der Waals surface area contributed by atoms with E-state index in [-0.39, 0.29) is 24.3 Å². The van der Waals surface area contributed by atoms with Crippen LogP contribution in [0.25, 0.3) is 0 Å². The molecule has 1 aromatic carbocycles. The molecule has 4 heteroatoms. The molecule has 0 radical (unpaired) electrons. The molecule has 0 aromatic heterocycles. The van der Waals surface area contributed by atoms with Gasteiger partial charge in [0, 0.05) is 12.1 Å². The normalized spacial score (nSPS) is 22.1. The Bertz CT molecular complexity index is 430. The second kappa shape index (κ2) is 6.06. The van der Waals surface area contributed by atoms with Gasteiger partial charge in [-0.3, -0.25) is 9.69 Å². The third-order valence-corrected chi connectivity index (χ3v) is 3.96. The first kappa shape index (κ1) is 13.9. The molecule has 0 saturated carbocycles. The van der Waals surface area contributed by atoms with Gasteiger partial charge in [0.05, 0.1) is 6.42 Å². The third kappa shape index (κ3) is 3.47. The zero-order chi connectivity index (χ0) is 13.8. The predicted octanol–water partition coefficient (Wildman–Crippen LogP) is 2.78. The summed E-state index contributed by atoms with van der Waals surface area (Å²) in [5.74, 6) is -0.466. The molecule has 104 valence electrons. The Balaban J connectivity index is 2.12. The van der Waals surface area contributed by atoms with E-state index in [4.69, 9.17) is 5.11 Å². The Morgan fingerprint density at radius 2 is 2.05 bits per heavy atom. The molecular formula is C15H21NO3. The number of benzene rings is 1. The first-order valence-electron chi connectivity index (χ1n) is 6.84. The van der Waals surface area contributed by atoms with Crippen molar-refractivity contribution in [2.24, 2.45) is 0 Å². The summed E-state index contributed by atoms with van der Waals surface area (Å²) in [4.78, 5) is 13.2. The Hall–Kier alpha value is -1.55. The lowest BCUT2D eigenvalue weighted by molar-refractivity contribution is -0.139. The number of rotatable bonds is 4. The minimum Gasteiger partial charge on any atom is -0.508 e. The number of carbonyl (C=O) groups is 1. The minimum absolute atomic E-state index is 0.120. The molecule has 2 rings (SSSR count). The van der Waals surface area contributed by atoms with Crippen LogP contribution >= 0.6 is 0 Å². The molecule has 1 heterocycles. The average Bonchev–Trinajstić information content (AvgIpc) is 2.39. The van der Waals surface area contributed by atoms with Crippen LogP contribution in [0.4, 0.5) is 0 Å². The van der Waals surface area contributed by atoms with Gasteiger partial charge in [0.25, 0.3) is 0 Å². The molecule has 0 bridgehead atoms. The summed E-state index contributed by atoms with van der Waals surface area (Å²) < 4.78 is 0. The van der Waals surface area contributed by atoms with Crippen molar-refractivity contribution in [3.63, 3.8) is 0 Å². The summed E-state index contributed by atoms with van der Waals surface area (Å²) in [7, 11) is 0. The third-order valence-electron chi connectivity index (χ3n) is 3.96. The number of carboxylic acids is 1. The van der Waals surface area contributed by atoms with E-state index in [1.54, 1.807) is 12.1 Å². The summed E-state index contributed by atoms with van der Waals surface area (Å²) in [6.07, 6.45) is 3.40. The maximum atomic E-state index is 11.0. The number of piperidine rings is 1. The first-order valence-corrected chi connectivity index (χ1v) is 6.84. The SMILES string of the molecule is CC(c1ccc(O)cc1)N1CCCCC1CC(=O)O. The average molecular weight is 263 g/mol. The van der Waals surface area contributed by atoms with Crippen LogP contribution in [0.5, 0.6) is 5.75 Å². The van der Waals surface area contributed by atoms with E-state index in [2.05, 4.69) is 11.8 Å². The van der Waals surface area contributed by atoms with E-state index in [1.807, 2.05) is 12.1 Å². The highest BCUT2D eigenvalue weighted by molar-refractivity contribution is 5.67. The minimum atomic E-state index is -0.727. The predicted molar refractivity (Wildman–Crippen MR) is 73.1 cm³/mol. The van der Waals surface area contributed by atoms with Crippen LogP contribution in [0, 0.1) is 0 Å². The van der Waals surface area contributed by atoms with Gasteiger partial charge in [0.1, 0.15) is 5.75 Å². The molecule has 1 saturated heterocycles. The fourth-order valence-corrected chi connectivity index (χ4v) is 2.90. The van der Waals surface area contributed by atoms with Gasteiger partial charge < -0.3 is 10.2 Å². The molecule has 1 aromatic rings. The number of aromatic hydroxyl groups is 1. The second-order valence-electron chi connectivity index (χ2n) is 5.25. The van der Waals surface area contributed by atoms with Crippen LogP contribution in [-0.2, 0) is 4.79 Å². The van der Waals surface area contributed by atoms with Crippen molar-refractivity contribution in [1.29, 1.82) is 0 Å².